The zero-order valence-electron chi connectivity index (χ0n) is 18.1. The molecule has 4 aromatic rings. The molecule has 0 aliphatic carbocycles. The lowest BCUT2D eigenvalue weighted by Gasteiger charge is -2.38. The summed E-state index contributed by atoms with van der Waals surface area (Å²) in [6.45, 7) is 6.04. The van der Waals surface area contributed by atoms with Crippen LogP contribution < -0.4 is 20.3 Å². The molecule has 5 rings (SSSR count). The molecule has 0 bridgehead atoms. The van der Waals surface area contributed by atoms with E-state index in [-0.39, 0.29) is 11.9 Å². The number of piperazine rings is 1. The quantitative estimate of drug-likeness (QED) is 0.505. The number of carbonyl (C=O) groups excluding carboxylic acids is 1. The average Bonchev–Trinajstić information content (AvgIpc) is 3.20. The van der Waals surface area contributed by atoms with Crippen LogP contribution in [0.1, 0.15) is 24.2 Å². The van der Waals surface area contributed by atoms with Crippen LogP contribution in [0, 0.1) is 0 Å². The molecule has 4 heterocycles. The number of rotatable bonds is 4. The van der Waals surface area contributed by atoms with E-state index in [1.807, 2.05) is 6.07 Å². The van der Waals surface area contributed by atoms with E-state index in [2.05, 4.69) is 49.4 Å². The van der Waals surface area contributed by atoms with E-state index in [0.29, 0.717) is 34.4 Å². The van der Waals surface area contributed by atoms with Gasteiger partial charge in [0.05, 0.1) is 36.3 Å². The van der Waals surface area contributed by atoms with Gasteiger partial charge in [0.2, 0.25) is 0 Å². The van der Waals surface area contributed by atoms with E-state index in [4.69, 9.17) is 4.74 Å². The van der Waals surface area contributed by atoms with E-state index in [9.17, 15) is 4.79 Å². The number of nitrogens with one attached hydrogen (secondary N) is 2. The van der Waals surface area contributed by atoms with Crippen LogP contribution in [-0.2, 0) is 0 Å². The highest BCUT2D eigenvalue weighted by atomic mass is 16.5. The fourth-order valence-corrected chi connectivity index (χ4v) is 4.29. The molecule has 1 aliphatic rings. The number of aromatic nitrogens is 5. The molecule has 0 spiro atoms. The average molecular weight is 432 g/mol. The van der Waals surface area contributed by atoms with Gasteiger partial charge in [0, 0.05) is 54.8 Å². The van der Waals surface area contributed by atoms with Crippen molar-refractivity contribution in [2.45, 2.75) is 25.9 Å². The lowest BCUT2D eigenvalue weighted by molar-refractivity contribution is 0.102. The molecule has 32 heavy (non-hydrogen) atoms. The zero-order valence-corrected chi connectivity index (χ0v) is 18.1. The summed E-state index contributed by atoms with van der Waals surface area (Å²) >= 11 is 0. The summed E-state index contributed by atoms with van der Waals surface area (Å²) in [5, 5.41) is 11.5. The highest BCUT2D eigenvalue weighted by Gasteiger charge is 2.25. The van der Waals surface area contributed by atoms with Gasteiger partial charge in [-0.15, -0.1) is 0 Å². The molecule has 1 amide bonds. The van der Waals surface area contributed by atoms with Gasteiger partial charge >= 0.3 is 6.01 Å². The van der Waals surface area contributed by atoms with Crippen LogP contribution in [0.3, 0.4) is 0 Å². The predicted molar refractivity (Wildman–Crippen MR) is 121 cm³/mol. The molecule has 1 aromatic carbocycles. The Morgan fingerprint density at radius 1 is 1.19 bits per heavy atom. The number of hydrogen-bond acceptors (Lipinski definition) is 8. The first-order chi connectivity index (χ1) is 15.5. The second kappa shape index (κ2) is 8.04. The van der Waals surface area contributed by atoms with Crippen LogP contribution in [0.25, 0.3) is 16.4 Å². The standard InChI is InChI=1S/C22H24N8O2/c1-13-11-29(12-14(2)26-13)18-5-4-15(20-16(18)8-24-22(28-20)32-3)21(31)27-17-9-25-30-7-6-23-10-19(17)30/h4-10,13-14,26H,11-12H2,1-3H3,(H,27,31). The Labute approximate surface area is 184 Å². The van der Waals surface area contributed by atoms with Crippen molar-refractivity contribution in [3.63, 3.8) is 0 Å². The second-order valence-corrected chi connectivity index (χ2v) is 8.04. The van der Waals surface area contributed by atoms with Crippen molar-refractivity contribution in [2.75, 3.05) is 30.4 Å². The molecular formula is C22H24N8O2. The first-order valence-electron chi connectivity index (χ1n) is 10.5. The third-order valence-electron chi connectivity index (χ3n) is 5.60. The number of benzene rings is 1. The van der Waals surface area contributed by atoms with Crippen LogP contribution in [0.15, 0.2) is 43.1 Å². The second-order valence-electron chi connectivity index (χ2n) is 8.04. The Hall–Kier alpha value is -3.79. The first-order valence-corrected chi connectivity index (χ1v) is 10.5. The summed E-state index contributed by atoms with van der Waals surface area (Å²) in [6, 6.07) is 4.68. The number of anilines is 2. The SMILES string of the molecule is COc1ncc2c(N3CC(C)NC(C)C3)ccc(C(=O)Nc3cnn4ccncc34)c2n1. The minimum atomic E-state index is -0.289. The van der Waals surface area contributed by atoms with Crippen LogP contribution in [0.2, 0.25) is 0 Å². The monoisotopic (exact) mass is 432 g/mol. The van der Waals surface area contributed by atoms with Crippen LogP contribution in [0.5, 0.6) is 6.01 Å². The number of amides is 1. The van der Waals surface area contributed by atoms with Gasteiger partial charge in [-0.3, -0.25) is 9.78 Å². The van der Waals surface area contributed by atoms with Crippen LogP contribution >= 0.6 is 0 Å². The van der Waals surface area contributed by atoms with Crippen molar-refractivity contribution in [3.8, 4) is 6.01 Å². The Balaban J connectivity index is 1.56. The summed E-state index contributed by atoms with van der Waals surface area (Å²) in [6.07, 6.45) is 8.35. The molecule has 2 N–H and O–H groups in total. The summed E-state index contributed by atoms with van der Waals surface area (Å²) in [4.78, 5) is 28.5. The molecule has 2 unspecified atom stereocenters. The van der Waals surface area contributed by atoms with Crippen molar-refractivity contribution in [1.82, 2.24) is 29.9 Å². The van der Waals surface area contributed by atoms with Crippen LogP contribution in [-0.4, -0.2) is 62.8 Å². The van der Waals surface area contributed by atoms with E-state index < -0.39 is 0 Å². The molecule has 0 saturated carbocycles. The van der Waals surface area contributed by atoms with Gasteiger partial charge in [-0.25, -0.2) is 9.50 Å². The highest BCUT2D eigenvalue weighted by Crippen LogP contribution is 2.31. The molecule has 164 valence electrons. The molecule has 1 saturated heterocycles. The topological polar surface area (TPSA) is 110 Å². The van der Waals surface area contributed by atoms with Crippen molar-refractivity contribution in [2.24, 2.45) is 0 Å². The van der Waals surface area contributed by atoms with Crippen molar-refractivity contribution in [3.05, 3.63) is 48.7 Å². The largest absolute Gasteiger partial charge is 0.467 e. The summed E-state index contributed by atoms with van der Waals surface area (Å²) in [5.41, 5.74) is 3.26. The summed E-state index contributed by atoms with van der Waals surface area (Å²) < 4.78 is 6.90. The van der Waals surface area contributed by atoms with E-state index >= 15 is 0 Å². The van der Waals surface area contributed by atoms with Crippen molar-refractivity contribution in [1.29, 1.82) is 0 Å². The third-order valence-corrected chi connectivity index (χ3v) is 5.60. The van der Waals surface area contributed by atoms with Gasteiger partial charge in [0.25, 0.3) is 5.91 Å². The molecule has 1 fully saturated rings. The normalized spacial score (nSPS) is 18.8. The number of hydrogen-bond donors (Lipinski definition) is 2. The molecule has 0 radical (unpaired) electrons. The smallest absolute Gasteiger partial charge is 0.316 e. The van der Waals surface area contributed by atoms with Gasteiger partial charge in [0.1, 0.15) is 5.52 Å². The maximum absolute atomic E-state index is 13.3. The fraction of sp³-hybridized carbons (Fsp3) is 0.318. The number of fused-ring (bicyclic) bond motifs is 2. The molecular weight excluding hydrogens is 408 g/mol. The minimum absolute atomic E-state index is 0.214. The Morgan fingerprint density at radius 2 is 2.00 bits per heavy atom. The summed E-state index contributed by atoms with van der Waals surface area (Å²) in [5.74, 6) is -0.289. The van der Waals surface area contributed by atoms with Gasteiger partial charge in [-0.05, 0) is 26.0 Å². The van der Waals surface area contributed by atoms with Gasteiger partial charge in [0.15, 0.2) is 0 Å². The zero-order chi connectivity index (χ0) is 22.2. The Bertz CT molecular complexity index is 1290. The number of methoxy groups -OCH3 is 1. The van der Waals surface area contributed by atoms with E-state index in [1.54, 1.807) is 41.6 Å². The third kappa shape index (κ3) is 3.58. The molecule has 3 aromatic heterocycles. The van der Waals surface area contributed by atoms with Crippen molar-refractivity contribution < 1.29 is 9.53 Å². The Morgan fingerprint density at radius 3 is 2.78 bits per heavy atom. The maximum Gasteiger partial charge on any atom is 0.316 e. The maximum atomic E-state index is 13.3. The minimum Gasteiger partial charge on any atom is -0.467 e. The van der Waals surface area contributed by atoms with Crippen LogP contribution in [0.4, 0.5) is 11.4 Å². The lowest BCUT2D eigenvalue weighted by Crippen LogP contribution is -2.54. The Kier molecular flexibility index (Phi) is 5.06. The van der Waals surface area contributed by atoms with Gasteiger partial charge in [-0.1, -0.05) is 0 Å². The predicted octanol–water partition coefficient (Wildman–Crippen LogP) is 2.12. The molecule has 2 atom stereocenters. The lowest BCUT2D eigenvalue weighted by atomic mass is 10.0. The number of carbonyl (C=O) groups is 1. The molecule has 10 nitrogen and oxygen atoms in total. The molecule has 1 aliphatic heterocycles. The van der Waals surface area contributed by atoms with E-state index in [0.717, 1.165) is 24.2 Å². The number of nitrogens with zero attached hydrogens (tertiary/aromatic N) is 6. The van der Waals surface area contributed by atoms with Gasteiger partial charge in [-0.2, -0.15) is 10.1 Å². The molecule has 10 heteroatoms. The van der Waals surface area contributed by atoms with Crippen molar-refractivity contribution >= 4 is 33.7 Å². The summed E-state index contributed by atoms with van der Waals surface area (Å²) in [7, 11) is 1.51. The highest BCUT2D eigenvalue weighted by molar-refractivity contribution is 6.14. The number of ether oxygens (including phenoxy) is 1. The fourth-order valence-electron chi connectivity index (χ4n) is 4.29. The van der Waals surface area contributed by atoms with E-state index in [1.165, 1.54) is 7.11 Å². The first kappa shape index (κ1) is 20.1. The van der Waals surface area contributed by atoms with Gasteiger partial charge < -0.3 is 20.3 Å².